The molecule has 7 nitrogen and oxygen atoms in total. The lowest BCUT2D eigenvalue weighted by atomic mass is 9.73. The molecule has 0 aliphatic carbocycles. The van der Waals surface area contributed by atoms with E-state index < -0.39 is 17.3 Å². The minimum Gasteiger partial charge on any atom is -0.396 e. The number of carbonyl (C=O) groups is 1. The van der Waals surface area contributed by atoms with Crippen LogP contribution in [0.1, 0.15) is 61.9 Å². The molecule has 2 aliphatic heterocycles. The highest BCUT2D eigenvalue weighted by Gasteiger charge is 2.55. The van der Waals surface area contributed by atoms with E-state index in [4.69, 9.17) is 4.74 Å². The van der Waals surface area contributed by atoms with E-state index in [0.717, 1.165) is 17.8 Å². The van der Waals surface area contributed by atoms with Crippen LogP contribution >= 0.6 is 0 Å². The molecule has 0 spiro atoms. The van der Waals surface area contributed by atoms with Gasteiger partial charge in [0.15, 0.2) is 0 Å². The Morgan fingerprint density at radius 2 is 2.00 bits per heavy atom. The molecule has 1 aromatic carbocycles. The van der Waals surface area contributed by atoms with Gasteiger partial charge in [-0.3, -0.25) is 9.48 Å². The molecule has 1 amide bonds. The predicted molar refractivity (Wildman–Crippen MR) is 126 cm³/mol. The van der Waals surface area contributed by atoms with Gasteiger partial charge in [0.25, 0.3) is 0 Å². The van der Waals surface area contributed by atoms with Gasteiger partial charge in [-0.05, 0) is 70.4 Å². The minimum absolute atomic E-state index is 0.0328. The average Bonchev–Trinajstić information content (AvgIpc) is 3.06. The molecule has 0 saturated carbocycles. The molecule has 1 aromatic heterocycles. The van der Waals surface area contributed by atoms with E-state index in [9.17, 15) is 15.0 Å². The Morgan fingerprint density at radius 1 is 1.27 bits per heavy atom. The van der Waals surface area contributed by atoms with Crippen LogP contribution in [0, 0.1) is 13.8 Å². The van der Waals surface area contributed by atoms with Crippen molar-refractivity contribution >= 4 is 5.91 Å². The highest BCUT2D eigenvalue weighted by molar-refractivity contribution is 5.76. The van der Waals surface area contributed by atoms with Crippen molar-refractivity contribution in [1.82, 2.24) is 14.7 Å². The number of benzene rings is 1. The lowest BCUT2D eigenvalue weighted by molar-refractivity contribution is -0.226. The Hall–Kier alpha value is -2.22. The predicted octanol–water partition coefficient (Wildman–Crippen LogP) is 2.96. The molecule has 2 N–H and O–H groups in total. The fourth-order valence-electron chi connectivity index (χ4n) is 6.01. The molecule has 5 atom stereocenters. The summed E-state index contributed by atoms with van der Waals surface area (Å²) >= 11 is 0. The van der Waals surface area contributed by atoms with E-state index in [1.54, 1.807) is 16.6 Å². The highest BCUT2D eigenvalue weighted by Crippen LogP contribution is 2.51. The van der Waals surface area contributed by atoms with Gasteiger partial charge in [0.2, 0.25) is 5.91 Å². The first kappa shape index (κ1) is 23.9. The molecule has 4 rings (SSSR count). The molecule has 7 heteroatoms. The number of aliphatic hydroxyl groups is 2. The van der Waals surface area contributed by atoms with E-state index >= 15 is 0 Å². The normalized spacial score (nSPS) is 31.8. The van der Waals surface area contributed by atoms with Crippen LogP contribution in [0.3, 0.4) is 0 Å². The number of hydrogen-bond donors (Lipinski definition) is 2. The Bertz CT molecular complexity index is 977. The second-order valence-corrected chi connectivity index (χ2v) is 10.2. The lowest BCUT2D eigenvalue weighted by Gasteiger charge is -2.50. The van der Waals surface area contributed by atoms with Crippen molar-refractivity contribution in [3.8, 4) is 0 Å². The lowest BCUT2D eigenvalue weighted by Crippen LogP contribution is -2.58. The van der Waals surface area contributed by atoms with Crippen LogP contribution in [0.5, 0.6) is 0 Å². The van der Waals surface area contributed by atoms with Gasteiger partial charge in [-0.2, -0.15) is 5.10 Å². The van der Waals surface area contributed by atoms with E-state index in [2.05, 4.69) is 17.2 Å². The monoisotopic (exact) mass is 455 g/mol. The van der Waals surface area contributed by atoms with Gasteiger partial charge in [0.05, 0.1) is 22.9 Å². The number of nitrogens with zero attached hydrogens (tertiary/aromatic N) is 3. The summed E-state index contributed by atoms with van der Waals surface area (Å²) in [6.45, 7) is 6.00. The topological polar surface area (TPSA) is 87.8 Å². The Labute approximate surface area is 196 Å². The van der Waals surface area contributed by atoms with Crippen LogP contribution in [0.15, 0.2) is 36.4 Å². The number of fused-ring (bicyclic) bond motifs is 2. The Balaban J connectivity index is 1.60. The van der Waals surface area contributed by atoms with Crippen LogP contribution < -0.4 is 0 Å². The van der Waals surface area contributed by atoms with Crippen molar-refractivity contribution in [1.29, 1.82) is 0 Å². The standard InChI is InChI=1S/C26H37N3O4/c1-18-14-19(2)29(27-18)17-23(31)28(4)22-10-11-26(12-13-30)16-21(20-8-6-5-7-9-20)15-25(3,33-26)24(22)32/h5-9,14,21-22,24,30,32H,10-13,15-17H2,1-4H3/t21-,22+,24-,25+,26-/m1/s1. The van der Waals surface area contributed by atoms with Crippen LogP contribution in [-0.4, -0.2) is 67.8 Å². The third kappa shape index (κ3) is 4.72. The smallest absolute Gasteiger partial charge is 0.244 e. The zero-order chi connectivity index (χ0) is 23.8. The van der Waals surface area contributed by atoms with E-state index in [-0.39, 0.29) is 31.0 Å². The summed E-state index contributed by atoms with van der Waals surface area (Å²) in [5.41, 5.74) is 1.72. The highest BCUT2D eigenvalue weighted by atomic mass is 16.5. The van der Waals surface area contributed by atoms with Crippen molar-refractivity contribution in [3.05, 3.63) is 53.3 Å². The summed E-state index contributed by atoms with van der Waals surface area (Å²) in [6.07, 6.45) is 2.47. The number of rotatable bonds is 6. The molecule has 2 fully saturated rings. The second-order valence-electron chi connectivity index (χ2n) is 10.2. The summed E-state index contributed by atoms with van der Waals surface area (Å²) in [7, 11) is 1.77. The fraction of sp³-hybridized carbons (Fsp3) is 0.615. The molecule has 180 valence electrons. The summed E-state index contributed by atoms with van der Waals surface area (Å²) in [6, 6.07) is 11.9. The van der Waals surface area contributed by atoms with Crippen LogP contribution in [-0.2, 0) is 16.1 Å². The number of aliphatic hydroxyl groups excluding tert-OH is 2. The maximum atomic E-state index is 13.2. The van der Waals surface area contributed by atoms with Crippen LogP contribution in [0.25, 0.3) is 0 Å². The van der Waals surface area contributed by atoms with Gasteiger partial charge in [0, 0.05) is 19.3 Å². The zero-order valence-corrected chi connectivity index (χ0v) is 20.2. The van der Waals surface area contributed by atoms with Crippen molar-refractivity contribution in [2.75, 3.05) is 13.7 Å². The quantitative estimate of drug-likeness (QED) is 0.699. The zero-order valence-electron chi connectivity index (χ0n) is 20.2. The first-order valence-electron chi connectivity index (χ1n) is 12.0. The maximum absolute atomic E-state index is 13.2. The van der Waals surface area contributed by atoms with Gasteiger partial charge >= 0.3 is 0 Å². The molecule has 33 heavy (non-hydrogen) atoms. The van der Waals surface area contributed by atoms with E-state index in [0.29, 0.717) is 25.7 Å². The van der Waals surface area contributed by atoms with Gasteiger partial charge in [-0.1, -0.05) is 30.3 Å². The number of likely N-dealkylation sites (N-methyl/N-ethyl adjacent to an activating group) is 1. The molecular weight excluding hydrogens is 418 g/mol. The molecule has 2 bridgehead atoms. The summed E-state index contributed by atoms with van der Waals surface area (Å²) in [5, 5.41) is 25.9. The van der Waals surface area contributed by atoms with Gasteiger partial charge in [0.1, 0.15) is 12.6 Å². The first-order valence-corrected chi connectivity index (χ1v) is 12.0. The van der Waals surface area contributed by atoms with E-state index in [1.807, 2.05) is 45.0 Å². The summed E-state index contributed by atoms with van der Waals surface area (Å²) in [5.74, 6) is 0.140. The van der Waals surface area contributed by atoms with Crippen LogP contribution in [0.4, 0.5) is 0 Å². The second kappa shape index (κ2) is 9.20. The average molecular weight is 456 g/mol. The molecule has 2 aromatic rings. The van der Waals surface area contributed by atoms with Crippen molar-refractivity contribution in [2.24, 2.45) is 0 Å². The van der Waals surface area contributed by atoms with Gasteiger partial charge in [-0.25, -0.2) is 0 Å². The van der Waals surface area contributed by atoms with Crippen molar-refractivity contribution < 1.29 is 19.7 Å². The number of amides is 1. The van der Waals surface area contributed by atoms with Gasteiger partial charge in [-0.15, -0.1) is 0 Å². The molecule has 0 unspecified atom stereocenters. The third-order valence-electron chi connectivity index (χ3n) is 7.72. The number of ether oxygens (including phenoxy) is 1. The molecule has 3 heterocycles. The van der Waals surface area contributed by atoms with Crippen LogP contribution in [0.2, 0.25) is 0 Å². The number of hydrogen-bond acceptors (Lipinski definition) is 5. The number of aryl methyl sites for hydroxylation is 2. The molecule has 2 aliphatic rings. The minimum atomic E-state index is -0.834. The first-order chi connectivity index (χ1) is 15.7. The summed E-state index contributed by atoms with van der Waals surface area (Å²) in [4.78, 5) is 14.9. The fourth-order valence-corrected chi connectivity index (χ4v) is 6.01. The van der Waals surface area contributed by atoms with Gasteiger partial charge < -0.3 is 19.8 Å². The third-order valence-corrected chi connectivity index (χ3v) is 7.72. The molecule has 2 saturated heterocycles. The Kier molecular flexibility index (Phi) is 6.67. The number of aromatic nitrogens is 2. The number of carbonyl (C=O) groups excluding carboxylic acids is 1. The summed E-state index contributed by atoms with van der Waals surface area (Å²) < 4.78 is 8.38. The Morgan fingerprint density at radius 3 is 2.64 bits per heavy atom. The van der Waals surface area contributed by atoms with Crippen molar-refractivity contribution in [2.45, 2.75) is 88.7 Å². The molecular formula is C26H37N3O4. The molecule has 0 radical (unpaired) electrons. The largest absolute Gasteiger partial charge is 0.396 e. The maximum Gasteiger partial charge on any atom is 0.244 e. The van der Waals surface area contributed by atoms with E-state index in [1.165, 1.54) is 5.56 Å². The van der Waals surface area contributed by atoms with Crippen molar-refractivity contribution in [3.63, 3.8) is 0 Å². The SMILES string of the molecule is Cc1cc(C)n(CC(=O)N(C)[C@H]2CC[C@@]3(CCO)C[C@H](c4ccccc4)C[C@](C)(O3)[C@@H]2O)n1.